The van der Waals surface area contributed by atoms with E-state index in [2.05, 4.69) is 5.32 Å². The summed E-state index contributed by atoms with van der Waals surface area (Å²) in [5.41, 5.74) is 6.12. The minimum atomic E-state index is 0.0155. The van der Waals surface area contributed by atoms with Crippen LogP contribution in [0.3, 0.4) is 0 Å². The van der Waals surface area contributed by atoms with Crippen LogP contribution in [0.15, 0.2) is 24.3 Å². The maximum atomic E-state index is 11.5. The summed E-state index contributed by atoms with van der Waals surface area (Å²) in [6, 6.07) is 7.31. The maximum absolute atomic E-state index is 11.5. The molecule has 4 heteroatoms. The van der Waals surface area contributed by atoms with Gasteiger partial charge in [0.05, 0.1) is 7.11 Å². The first-order chi connectivity index (χ1) is 7.76. The predicted octanol–water partition coefficient (Wildman–Crippen LogP) is 1.76. The number of anilines is 1. The lowest BCUT2D eigenvalue weighted by molar-refractivity contribution is -0.116. The van der Waals surface area contributed by atoms with Crippen molar-refractivity contribution in [1.82, 2.24) is 0 Å². The minimum absolute atomic E-state index is 0.0155. The molecular formula is C12H18N2O2. The van der Waals surface area contributed by atoms with Crippen LogP contribution >= 0.6 is 0 Å². The summed E-state index contributed by atoms with van der Waals surface area (Å²) < 4.78 is 5.07. The van der Waals surface area contributed by atoms with E-state index in [-0.39, 0.29) is 5.91 Å². The molecule has 0 unspecified atom stereocenters. The van der Waals surface area contributed by atoms with E-state index in [4.69, 9.17) is 10.5 Å². The number of unbranched alkanes of at least 4 members (excludes halogenated alkanes) is 1. The van der Waals surface area contributed by atoms with Crippen LogP contribution in [-0.4, -0.2) is 19.6 Å². The molecule has 0 aliphatic carbocycles. The second kappa shape index (κ2) is 6.85. The van der Waals surface area contributed by atoms with Crippen molar-refractivity contribution in [2.45, 2.75) is 19.3 Å². The first-order valence-electron chi connectivity index (χ1n) is 5.40. The van der Waals surface area contributed by atoms with Crippen LogP contribution in [0.5, 0.6) is 5.75 Å². The third-order valence-electron chi connectivity index (χ3n) is 2.21. The fraction of sp³-hybridized carbons (Fsp3) is 0.417. The normalized spacial score (nSPS) is 9.88. The highest BCUT2D eigenvalue weighted by Gasteiger charge is 2.02. The summed E-state index contributed by atoms with van der Waals surface area (Å²) in [7, 11) is 1.60. The van der Waals surface area contributed by atoms with Crippen molar-refractivity contribution in [2.75, 3.05) is 19.0 Å². The predicted molar refractivity (Wildman–Crippen MR) is 64.5 cm³/mol. The van der Waals surface area contributed by atoms with Crippen LogP contribution in [0, 0.1) is 0 Å². The van der Waals surface area contributed by atoms with Crippen molar-refractivity contribution in [1.29, 1.82) is 0 Å². The fourth-order valence-electron chi connectivity index (χ4n) is 1.35. The number of nitrogens with one attached hydrogen (secondary N) is 1. The lowest BCUT2D eigenvalue weighted by Crippen LogP contribution is -2.11. The van der Waals surface area contributed by atoms with Crippen molar-refractivity contribution >= 4 is 11.6 Å². The molecule has 0 saturated heterocycles. The van der Waals surface area contributed by atoms with E-state index >= 15 is 0 Å². The Bertz CT molecular complexity index is 340. The van der Waals surface area contributed by atoms with E-state index in [1.165, 1.54) is 0 Å². The van der Waals surface area contributed by atoms with Crippen LogP contribution in [0.25, 0.3) is 0 Å². The molecule has 0 spiro atoms. The van der Waals surface area contributed by atoms with Gasteiger partial charge in [-0.1, -0.05) is 6.07 Å². The van der Waals surface area contributed by atoms with Gasteiger partial charge in [-0.25, -0.2) is 0 Å². The summed E-state index contributed by atoms with van der Waals surface area (Å²) in [5, 5.41) is 2.82. The highest BCUT2D eigenvalue weighted by molar-refractivity contribution is 5.90. The lowest BCUT2D eigenvalue weighted by atomic mass is 10.2. The Morgan fingerprint density at radius 1 is 1.44 bits per heavy atom. The molecule has 88 valence electrons. The molecule has 0 heterocycles. The van der Waals surface area contributed by atoms with Crippen molar-refractivity contribution < 1.29 is 9.53 Å². The summed E-state index contributed by atoms with van der Waals surface area (Å²) in [6.45, 7) is 0.631. The Morgan fingerprint density at radius 2 is 2.25 bits per heavy atom. The summed E-state index contributed by atoms with van der Waals surface area (Å²) in [4.78, 5) is 11.5. The molecular weight excluding hydrogens is 204 g/mol. The van der Waals surface area contributed by atoms with E-state index in [0.717, 1.165) is 24.3 Å². The van der Waals surface area contributed by atoms with Crippen molar-refractivity contribution in [3.63, 3.8) is 0 Å². The average molecular weight is 222 g/mol. The Hall–Kier alpha value is -1.55. The molecule has 0 fully saturated rings. The maximum Gasteiger partial charge on any atom is 0.224 e. The Morgan fingerprint density at radius 3 is 2.94 bits per heavy atom. The molecule has 1 rings (SSSR count). The smallest absolute Gasteiger partial charge is 0.224 e. The Kier molecular flexibility index (Phi) is 5.36. The second-order valence-electron chi connectivity index (χ2n) is 3.53. The van der Waals surface area contributed by atoms with Gasteiger partial charge in [-0.15, -0.1) is 0 Å². The number of ether oxygens (including phenoxy) is 1. The number of carbonyl (C=O) groups is 1. The van der Waals surface area contributed by atoms with Gasteiger partial charge in [0, 0.05) is 18.2 Å². The lowest BCUT2D eigenvalue weighted by Gasteiger charge is -2.06. The number of methoxy groups -OCH3 is 1. The van der Waals surface area contributed by atoms with Gasteiger partial charge in [-0.05, 0) is 31.5 Å². The summed E-state index contributed by atoms with van der Waals surface area (Å²) in [5.74, 6) is 0.751. The quantitative estimate of drug-likeness (QED) is 0.721. The number of nitrogens with two attached hydrogens (primary N) is 1. The van der Waals surface area contributed by atoms with Gasteiger partial charge >= 0.3 is 0 Å². The first kappa shape index (κ1) is 12.5. The number of rotatable bonds is 6. The van der Waals surface area contributed by atoms with Crippen LogP contribution < -0.4 is 15.8 Å². The summed E-state index contributed by atoms with van der Waals surface area (Å²) in [6.07, 6.45) is 2.21. The molecule has 0 saturated carbocycles. The van der Waals surface area contributed by atoms with Crippen molar-refractivity contribution in [2.24, 2.45) is 5.73 Å². The number of benzene rings is 1. The zero-order chi connectivity index (χ0) is 11.8. The van der Waals surface area contributed by atoms with Crippen LogP contribution in [0.4, 0.5) is 5.69 Å². The molecule has 0 aromatic heterocycles. The van der Waals surface area contributed by atoms with Crippen LogP contribution in [0.1, 0.15) is 19.3 Å². The molecule has 0 aliphatic rings. The van der Waals surface area contributed by atoms with E-state index < -0.39 is 0 Å². The molecule has 4 nitrogen and oxygen atoms in total. The SMILES string of the molecule is COc1cccc(NC(=O)CCCCN)c1. The first-order valence-corrected chi connectivity index (χ1v) is 5.40. The van der Waals surface area contributed by atoms with Gasteiger partial charge in [0.2, 0.25) is 5.91 Å². The van der Waals surface area contributed by atoms with Crippen molar-refractivity contribution in [3.05, 3.63) is 24.3 Å². The number of amides is 1. The van der Waals surface area contributed by atoms with E-state index in [0.29, 0.717) is 13.0 Å². The average Bonchev–Trinajstić information content (AvgIpc) is 2.29. The highest BCUT2D eigenvalue weighted by Crippen LogP contribution is 2.16. The van der Waals surface area contributed by atoms with Gasteiger partial charge in [-0.3, -0.25) is 4.79 Å². The van der Waals surface area contributed by atoms with Crippen LogP contribution in [0.2, 0.25) is 0 Å². The molecule has 16 heavy (non-hydrogen) atoms. The Balaban J connectivity index is 2.43. The third kappa shape index (κ3) is 4.31. The number of hydrogen-bond donors (Lipinski definition) is 2. The zero-order valence-electron chi connectivity index (χ0n) is 9.53. The monoisotopic (exact) mass is 222 g/mol. The molecule has 3 N–H and O–H groups in total. The molecule has 0 bridgehead atoms. The topological polar surface area (TPSA) is 64.3 Å². The number of hydrogen-bond acceptors (Lipinski definition) is 3. The molecule has 0 aliphatic heterocycles. The van der Waals surface area contributed by atoms with Gasteiger partial charge in [-0.2, -0.15) is 0 Å². The van der Waals surface area contributed by atoms with Gasteiger partial charge in [0.1, 0.15) is 5.75 Å². The molecule has 1 amide bonds. The standard InChI is InChI=1S/C12H18N2O2/c1-16-11-6-4-5-10(9-11)14-12(15)7-2-3-8-13/h4-6,9H,2-3,7-8,13H2,1H3,(H,14,15). The zero-order valence-corrected chi connectivity index (χ0v) is 9.53. The second-order valence-corrected chi connectivity index (χ2v) is 3.53. The van der Waals surface area contributed by atoms with Crippen LogP contribution in [-0.2, 0) is 4.79 Å². The molecule has 0 atom stereocenters. The number of carbonyl (C=O) groups excluding carboxylic acids is 1. The van der Waals surface area contributed by atoms with Gasteiger partial charge in [0.25, 0.3) is 0 Å². The summed E-state index contributed by atoms with van der Waals surface area (Å²) >= 11 is 0. The molecule has 0 radical (unpaired) electrons. The largest absolute Gasteiger partial charge is 0.497 e. The van der Waals surface area contributed by atoms with E-state index in [1.807, 2.05) is 18.2 Å². The van der Waals surface area contributed by atoms with Gasteiger partial charge < -0.3 is 15.8 Å². The van der Waals surface area contributed by atoms with E-state index in [9.17, 15) is 4.79 Å². The molecule has 1 aromatic carbocycles. The van der Waals surface area contributed by atoms with E-state index in [1.54, 1.807) is 13.2 Å². The third-order valence-corrected chi connectivity index (χ3v) is 2.21. The fourth-order valence-corrected chi connectivity index (χ4v) is 1.35. The minimum Gasteiger partial charge on any atom is -0.497 e. The van der Waals surface area contributed by atoms with Crippen molar-refractivity contribution in [3.8, 4) is 5.75 Å². The highest BCUT2D eigenvalue weighted by atomic mass is 16.5. The molecule has 1 aromatic rings. The van der Waals surface area contributed by atoms with Gasteiger partial charge in [0.15, 0.2) is 0 Å². The Labute approximate surface area is 95.8 Å².